The number of aromatic nitrogens is 2. The molecule has 19 N–H and O–H groups in total. The summed E-state index contributed by atoms with van der Waals surface area (Å²) in [5.41, 5.74) is 11.8. The van der Waals surface area contributed by atoms with Gasteiger partial charge in [0, 0.05) is 128 Å². The number of amides is 13. The molecule has 9 rings (SSSR count). The van der Waals surface area contributed by atoms with E-state index in [2.05, 4.69) is 63.1 Å². The molecule has 114 heavy (non-hydrogen) atoms. The first-order valence-corrected chi connectivity index (χ1v) is 40.8. The van der Waals surface area contributed by atoms with E-state index in [1.807, 2.05) is 0 Å². The number of carboxylic acid groups (broad SMARTS) is 1. The molecule has 2 aromatic heterocycles. The fourth-order valence-corrected chi connectivity index (χ4v) is 16.6. The van der Waals surface area contributed by atoms with Crippen LogP contribution >= 0.6 is 23.5 Å². The number of Topliss-reactive ketones (excluding diaryl/α,β-unsaturated/α-hetero) is 2. The predicted octanol–water partition coefficient (Wildman–Crippen LogP) is -3.04. The van der Waals surface area contributed by atoms with E-state index in [-0.39, 0.29) is 100 Å². The molecule has 36 nitrogen and oxygen atoms in total. The number of H-pyrrole nitrogens is 2. The number of carboxylic acids is 1. The number of aromatic amines is 2. The number of aliphatic carboxylic acids is 1. The Morgan fingerprint density at radius 1 is 0.596 bits per heavy atom. The van der Waals surface area contributed by atoms with E-state index < -0.39 is 229 Å². The molecule has 0 radical (unpaired) electrons. The van der Waals surface area contributed by atoms with Crippen LogP contribution in [-0.4, -0.2) is 275 Å². The van der Waals surface area contributed by atoms with Gasteiger partial charge in [-0.25, -0.2) is 0 Å². The fourth-order valence-electron chi connectivity index (χ4n) is 14.6. The van der Waals surface area contributed by atoms with Crippen LogP contribution in [0.25, 0.3) is 21.8 Å². The summed E-state index contributed by atoms with van der Waals surface area (Å²) in [5.74, 6) is -18.3. The molecule has 1 aliphatic carbocycles. The number of hydrogen-bond acceptors (Lipinski definition) is 22. The van der Waals surface area contributed by atoms with Gasteiger partial charge in [0.15, 0.2) is 11.5 Å². The summed E-state index contributed by atoms with van der Waals surface area (Å²) in [6, 6.07) is -0.889. The van der Waals surface area contributed by atoms with E-state index in [0.29, 0.717) is 39.4 Å². The van der Waals surface area contributed by atoms with Crippen LogP contribution in [0.5, 0.6) is 0 Å². The van der Waals surface area contributed by atoms with Crippen LogP contribution in [0.2, 0.25) is 0 Å². The van der Waals surface area contributed by atoms with Crippen LogP contribution in [0.1, 0.15) is 110 Å². The van der Waals surface area contributed by atoms with Crippen LogP contribution in [0, 0.1) is 23.7 Å². The second-order valence-corrected chi connectivity index (χ2v) is 32.9. The van der Waals surface area contributed by atoms with E-state index >= 15 is 9.59 Å². The Balaban J connectivity index is 1.08. The monoisotopic (exact) mass is 1620 g/mol. The van der Waals surface area contributed by atoms with Gasteiger partial charge in [-0.15, -0.1) is 0 Å². The van der Waals surface area contributed by atoms with Crippen LogP contribution in [0.4, 0.5) is 0 Å². The standard InChI is InChI=1S/C76H105N17O19S2/c1-39(2)63-74(110)85-52(30-62(100)101)69(105)81-34-59(97)83-50(26-43-31-79-48-15-8-6-13-46(43)48)70(106)89-64(40(3)4)75(111)93-21-11-17-55(93)73(109)87-54(66(78)102)36-114-25-20-61(99)92-23-22-91-37-76(112,38-92)82-33-53(72(108)84-51(71(107)88-63)27-44-32-80-49-16-9-7-14-47(44)49)86-67(103)42-12-10-18-56(94)65(58(96)28-42)90-68(104)45(29-57(95)41(5)77)35-113-24-19-60(91)98/h6-9,13-16,31-32,39-42,45,50-56,63-65,79-80,82,94,112H,10-12,17-30,33-38,77H2,1-5H3,(H2,78,102)(H,81,105)(H,83,97)(H,84,108)(H,85,110)(H,86,103)(H,87,109)(H,88,107)(H,89,106)(H,90,104)(H,100,101)/t41-,42+,45-,50-,51-,52-,53-,54-,55-,56+,63-,64-,65-,76?/m0/s1. The Bertz CT molecular complexity index is 4250. The van der Waals surface area contributed by atoms with Gasteiger partial charge in [0.05, 0.1) is 44.1 Å². The molecule has 38 heteroatoms. The number of para-hydroxylation sites is 2. The SMILES string of the molecule is CC(C)[C@@H]1NC(=O)[C@H](Cc2c[nH]c3ccccc23)NC(=O)[C@@H]2CNC3(O)CN(CCN(C3)C(=O)CCSC[C@@H](C(N)=O)NC(=O)[C@@H]3CCCN3C(=O)[C@H](C(C)C)NC(=O)[C@H](Cc3c[nH]c4ccccc34)NC(=O)CNC(=O)[C@H](CC(=O)O)NC1=O)C(=O)CCSC[C@H](CC(=O)[C@H](C)N)C(=O)N[C@@H]1C(=O)C[C@@H](CCC[C@H]1O)C(=O)N2. The summed E-state index contributed by atoms with van der Waals surface area (Å²) in [5, 5.41) is 62.2. The highest BCUT2D eigenvalue weighted by atomic mass is 32.2. The van der Waals surface area contributed by atoms with Crippen molar-refractivity contribution in [2.24, 2.45) is 35.1 Å². The normalized spacial score (nSPS) is 28.2. The van der Waals surface area contributed by atoms with Crippen molar-refractivity contribution in [2.45, 2.75) is 184 Å². The molecule has 1 saturated carbocycles. The van der Waals surface area contributed by atoms with E-state index in [4.69, 9.17) is 11.5 Å². The number of aliphatic hydroxyl groups is 2. The zero-order valence-corrected chi connectivity index (χ0v) is 66.0. The Kier molecular flexibility index (Phi) is 31.1. The highest BCUT2D eigenvalue weighted by Gasteiger charge is 2.45. The second kappa shape index (κ2) is 40.3. The van der Waals surface area contributed by atoms with Gasteiger partial charge >= 0.3 is 5.97 Å². The molecule has 0 spiro atoms. The maximum Gasteiger partial charge on any atom is 0.305 e. The number of nitrogens with one attached hydrogen (secondary N) is 12. The van der Waals surface area contributed by atoms with Crippen molar-refractivity contribution in [2.75, 3.05) is 68.8 Å². The van der Waals surface area contributed by atoms with Crippen molar-refractivity contribution < 1.29 is 92.0 Å². The van der Waals surface area contributed by atoms with E-state index in [9.17, 15) is 82.4 Å². The Labute approximate surface area is 666 Å². The Hall–Kier alpha value is -10.0. The number of primary amides is 1. The van der Waals surface area contributed by atoms with Gasteiger partial charge in [-0.2, -0.15) is 23.5 Å². The van der Waals surface area contributed by atoms with Gasteiger partial charge in [0.2, 0.25) is 76.8 Å². The van der Waals surface area contributed by atoms with Gasteiger partial charge in [-0.05, 0) is 74.1 Å². The lowest BCUT2D eigenvalue weighted by Gasteiger charge is -2.36. The lowest BCUT2D eigenvalue weighted by Crippen LogP contribution is -2.64. The van der Waals surface area contributed by atoms with Crippen molar-refractivity contribution in [1.82, 2.24) is 77.8 Å². The zero-order chi connectivity index (χ0) is 82.8. The minimum atomic E-state index is -2.34. The van der Waals surface area contributed by atoms with Crippen molar-refractivity contribution in [3.05, 3.63) is 72.1 Å². The van der Waals surface area contributed by atoms with Crippen LogP contribution in [-0.2, 0) is 89.6 Å². The molecule has 1 unspecified atom stereocenters. The number of rotatable bonds is 12. The number of fused-ring (bicyclic) bond motifs is 10. The quantitative estimate of drug-likeness (QED) is 0.0670. The summed E-state index contributed by atoms with van der Waals surface area (Å²) < 4.78 is 0. The van der Waals surface area contributed by atoms with Gasteiger partial charge in [0.25, 0.3) is 0 Å². The molecule has 14 atom stereocenters. The molecule has 620 valence electrons. The molecule has 2 aromatic carbocycles. The zero-order valence-electron chi connectivity index (χ0n) is 64.4. The maximum absolute atomic E-state index is 15.5. The first kappa shape index (κ1) is 87.9. The molecule has 6 heterocycles. The predicted molar refractivity (Wildman–Crippen MR) is 418 cm³/mol. The number of nitrogens with zero attached hydrogens (tertiary/aromatic N) is 3. The average molecular weight is 1620 g/mol. The highest BCUT2D eigenvalue weighted by molar-refractivity contribution is 7.99. The van der Waals surface area contributed by atoms with Crippen molar-refractivity contribution in [3.63, 3.8) is 0 Å². The lowest BCUT2D eigenvalue weighted by molar-refractivity contribution is -0.143. The Morgan fingerprint density at radius 3 is 1.75 bits per heavy atom. The van der Waals surface area contributed by atoms with Gasteiger partial charge in [0.1, 0.15) is 60.2 Å². The topological polar surface area (TPSA) is 547 Å². The number of thioether (sulfide) groups is 2. The maximum atomic E-state index is 15.5. The first-order chi connectivity index (χ1) is 54.2. The van der Waals surface area contributed by atoms with Crippen molar-refractivity contribution in [1.29, 1.82) is 0 Å². The van der Waals surface area contributed by atoms with Crippen LogP contribution in [0.3, 0.4) is 0 Å². The summed E-state index contributed by atoms with van der Waals surface area (Å²) in [6.45, 7) is 4.74. The summed E-state index contributed by atoms with van der Waals surface area (Å²) in [6.07, 6.45) is -0.834. The largest absolute Gasteiger partial charge is 0.481 e. The van der Waals surface area contributed by atoms with Crippen LogP contribution in [0.15, 0.2) is 60.9 Å². The molecular weight excluding hydrogens is 1520 g/mol. The van der Waals surface area contributed by atoms with E-state index in [1.165, 1.54) is 35.5 Å². The summed E-state index contributed by atoms with van der Waals surface area (Å²) in [4.78, 5) is 239. The number of benzene rings is 2. The second-order valence-electron chi connectivity index (χ2n) is 30.6. The number of nitrogens with two attached hydrogens (primary N) is 2. The molecule has 13 amide bonds. The summed E-state index contributed by atoms with van der Waals surface area (Å²) in [7, 11) is 0. The smallest absolute Gasteiger partial charge is 0.305 e. The van der Waals surface area contributed by atoms with Crippen molar-refractivity contribution in [3.8, 4) is 0 Å². The number of carbonyl (C=O) groups is 16. The molecule has 4 saturated heterocycles. The number of carbonyl (C=O) groups excluding carboxylic acids is 15. The first-order valence-electron chi connectivity index (χ1n) is 38.5. The van der Waals surface area contributed by atoms with E-state index in [1.54, 1.807) is 74.8 Å². The Morgan fingerprint density at radius 2 is 1.17 bits per heavy atom. The fraction of sp³-hybridized carbons (Fsp3) is 0.579. The highest BCUT2D eigenvalue weighted by Crippen LogP contribution is 2.28. The molecule has 6 bridgehead atoms. The molecule has 4 aromatic rings. The van der Waals surface area contributed by atoms with E-state index in [0.717, 1.165) is 23.5 Å². The molecular formula is C76H105N17O19S2. The minimum absolute atomic E-state index is 0.00547. The third-order valence-electron chi connectivity index (χ3n) is 21.2. The number of aliphatic hydroxyl groups excluding tert-OH is 1. The number of hydrogen-bond donors (Lipinski definition) is 17. The minimum Gasteiger partial charge on any atom is -0.481 e. The lowest BCUT2D eigenvalue weighted by atomic mass is 9.85. The van der Waals surface area contributed by atoms with Gasteiger partial charge in [-0.1, -0.05) is 64.1 Å². The molecule has 5 fully saturated rings. The number of ketones is 2. The average Bonchev–Trinajstić information content (AvgIpc) is 1.66. The molecule has 5 aliphatic rings. The van der Waals surface area contributed by atoms with Gasteiger partial charge < -0.3 is 99.3 Å². The van der Waals surface area contributed by atoms with Gasteiger partial charge in [-0.3, -0.25) is 82.0 Å². The third-order valence-corrected chi connectivity index (χ3v) is 23.4. The van der Waals surface area contributed by atoms with Crippen LogP contribution < -0.4 is 64.6 Å². The molecule has 4 aliphatic heterocycles. The third kappa shape index (κ3) is 23.6. The van der Waals surface area contributed by atoms with Crippen molar-refractivity contribution >= 4 is 140 Å². The summed E-state index contributed by atoms with van der Waals surface area (Å²) >= 11 is 2.19.